The number of thiocarbonyl (C=S) groups is 1. The van der Waals surface area contributed by atoms with Gasteiger partial charge in [-0.15, -0.1) is 0 Å². The smallest absolute Gasteiger partial charge is 0.233 e. The number of nitrogens with one attached hydrogen (secondary N) is 1. The van der Waals surface area contributed by atoms with Crippen molar-refractivity contribution in [2.45, 2.75) is 53.4 Å². The maximum Gasteiger partial charge on any atom is 0.233 e. The summed E-state index contributed by atoms with van der Waals surface area (Å²) in [5.41, 5.74) is 5.41. The number of carbonyl (C=O) groups is 1. The van der Waals surface area contributed by atoms with E-state index in [1.165, 1.54) is 0 Å². The van der Waals surface area contributed by atoms with Crippen LogP contribution in [0, 0.1) is 16.7 Å². The monoisotopic (exact) mass is 270 g/mol. The van der Waals surface area contributed by atoms with Crippen LogP contribution in [-0.2, 0) is 4.79 Å². The first kappa shape index (κ1) is 15.4. The van der Waals surface area contributed by atoms with Gasteiger partial charge >= 0.3 is 0 Å². The Balaban J connectivity index is 2.62. The van der Waals surface area contributed by atoms with Crippen LogP contribution in [0.2, 0.25) is 0 Å². The zero-order chi connectivity index (χ0) is 14.0. The van der Waals surface area contributed by atoms with Crippen molar-refractivity contribution >= 4 is 23.1 Å². The predicted octanol–water partition coefficient (Wildman–Crippen LogP) is 2.63. The van der Waals surface area contributed by atoms with Gasteiger partial charge in [-0.05, 0) is 24.2 Å². The van der Waals surface area contributed by atoms with Gasteiger partial charge < -0.3 is 11.1 Å². The third-order valence-electron chi connectivity index (χ3n) is 4.41. The van der Waals surface area contributed by atoms with Crippen LogP contribution < -0.4 is 11.1 Å². The molecule has 3 nitrogen and oxygen atoms in total. The molecule has 18 heavy (non-hydrogen) atoms. The molecule has 4 heteroatoms. The van der Waals surface area contributed by atoms with E-state index in [2.05, 4.69) is 33.0 Å². The number of amides is 1. The van der Waals surface area contributed by atoms with Gasteiger partial charge in [-0.2, -0.15) is 0 Å². The standard InChI is InChI=1S/C14H26N2OS/c1-10(13(2,3)4)9-16-12(17)14(11(15)18)7-5-6-8-14/h10H,5-9H2,1-4H3,(H2,15,18)(H,16,17). The summed E-state index contributed by atoms with van der Waals surface area (Å²) in [6.45, 7) is 9.39. The molecule has 0 heterocycles. The van der Waals surface area contributed by atoms with Crippen LogP contribution in [0.3, 0.4) is 0 Å². The van der Waals surface area contributed by atoms with Gasteiger partial charge in [0.1, 0.15) is 0 Å². The fourth-order valence-electron chi connectivity index (χ4n) is 2.29. The maximum absolute atomic E-state index is 12.4. The van der Waals surface area contributed by atoms with E-state index in [1.54, 1.807) is 0 Å². The van der Waals surface area contributed by atoms with Crippen LogP contribution in [0.25, 0.3) is 0 Å². The largest absolute Gasteiger partial charge is 0.392 e. The molecular formula is C14H26N2OS. The van der Waals surface area contributed by atoms with Gasteiger partial charge in [-0.25, -0.2) is 0 Å². The summed E-state index contributed by atoms with van der Waals surface area (Å²) in [7, 11) is 0. The second-order valence-corrected chi connectivity index (χ2v) is 7.07. The summed E-state index contributed by atoms with van der Waals surface area (Å²) in [5, 5.41) is 3.05. The van der Waals surface area contributed by atoms with Crippen molar-refractivity contribution in [3.63, 3.8) is 0 Å². The molecule has 0 aromatic carbocycles. The number of hydrogen-bond acceptors (Lipinski definition) is 2. The third kappa shape index (κ3) is 3.22. The minimum absolute atomic E-state index is 0.0311. The SMILES string of the molecule is CC(CNC(=O)C1(C(N)=S)CCCC1)C(C)(C)C. The van der Waals surface area contributed by atoms with Crippen LogP contribution in [0.1, 0.15) is 53.4 Å². The molecule has 3 N–H and O–H groups in total. The van der Waals surface area contributed by atoms with Crippen molar-refractivity contribution in [3.05, 3.63) is 0 Å². The van der Waals surface area contributed by atoms with Gasteiger partial charge in [0.15, 0.2) is 0 Å². The molecule has 1 aliphatic rings. The molecule has 1 fully saturated rings. The predicted molar refractivity (Wildman–Crippen MR) is 79.3 cm³/mol. The van der Waals surface area contributed by atoms with Crippen LogP contribution in [-0.4, -0.2) is 17.4 Å². The van der Waals surface area contributed by atoms with Crippen LogP contribution in [0.4, 0.5) is 0 Å². The molecule has 1 saturated carbocycles. The molecule has 0 saturated heterocycles. The molecular weight excluding hydrogens is 244 g/mol. The van der Waals surface area contributed by atoms with Gasteiger partial charge in [0.05, 0.1) is 10.4 Å². The molecule has 0 spiro atoms. The Hall–Kier alpha value is -0.640. The number of rotatable bonds is 4. The second-order valence-electron chi connectivity index (χ2n) is 6.63. The van der Waals surface area contributed by atoms with Crippen LogP contribution >= 0.6 is 12.2 Å². The molecule has 0 bridgehead atoms. The minimum atomic E-state index is -0.576. The Morgan fingerprint density at radius 1 is 1.39 bits per heavy atom. The Morgan fingerprint density at radius 2 is 1.89 bits per heavy atom. The fourth-order valence-corrected chi connectivity index (χ4v) is 2.58. The highest BCUT2D eigenvalue weighted by Crippen LogP contribution is 2.38. The quantitative estimate of drug-likeness (QED) is 0.772. The summed E-state index contributed by atoms with van der Waals surface area (Å²) in [4.78, 5) is 12.7. The molecule has 0 aliphatic heterocycles. The van der Waals surface area contributed by atoms with Crippen LogP contribution in [0.5, 0.6) is 0 Å². The Morgan fingerprint density at radius 3 is 2.28 bits per heavy atom. The average molecular weight is 270 g/mol. The van der Waals surface area contributed by atoms with E-state index in [1.807, 2.05) is 0 Å². The highest BCUT2D eigenvalue weighted by Gasteiger charge is 2.43. The third-order valence-corrected chi connectivity index (χ3v) is 4.80. The number of nitrogens with two attached hydrogens (primary N) is 1. The Kier molecular flexibility index (Phi) is 4.76. The zero-order valence-corrected chi connectivity index (χ0v) is 12.8. The van der Waals surface area contributed by atoms with E-state index in [0.717, 1.165) is 25.7 Å². The maximum atomic E-state index is 12.4. The van der Waals surface area contributed by atoms with Crippen molar-refractivity contribution in [2.75, 3.05) is 6.54 Å². The van der Waals surface area contributed by atoms with Gasteiger partial charge in [-0.1, -0.05) is 52.8 Å². The molecule has 0 aromatic heterocycles. The van der Waals surface area contributed by atoms with Gasteiger partial charge in [0, 0.05) is 6.54 Å². The van der Waals surface area contributed by atoms with Gasteiger partial charge in [0.25, 0.3) is 0 Å². The molecule has 1 unspecified atom stereocenters. The summed E-state index contributed by atoms with van der Waals surface area (Å²) in [6.07, 6.45) is 3.69. The zero-order valence-electron chi connectivity index (χ0n) is 12.0. The molecule has 1 rings (SSSR count). The van der Waals surface area contributed by atoms with E-state index in [0.29, 0.717) is 17.5 Å². The van der Waals surface area contributed by atoms with E-state index in [4.69, 9.17) is 18.0 Å². The molecule has 104 valence electrons. The summed E-state index contributed by atoms with van der Waals surface area (Å²) >= 11 is 5.11. The molecule has 1 aliphatic carbocycles. The van der Waals surface area contributed by atoms with E-state index in [9.17, 15) is 4.79 Å². The van der Waals surface area contributed by atoms with E-state index < -0.39 is 5.41 Å². The van der Waals surface area contributed by atoms with Gasteiger partial charge in [-0.3, -0.25) is 4.79 Å². The average Bonchev–Trinajstić information content (AvgIpc) is 2.74. The summed E-state index contributed by atoms with van der Waals surface area (Å²) in [6, 6.07) is 0. The number of carbonyl (C=O) groups excluding carboxylic acids is 1. The van der Waals surface area contributed by atoms with Crippen LogP contribution in [0.15, 0.2) is 0 Å². The normalized spacial score (nSPS) is 20.4. The molecule has 0 radical (unpaired) electrons. The van der Waals surface area contributed by atoms with Crippen molar-refractivity contribution in [3.8, 4) is 0 Å². The lowest BCUT2D eigenvalue weighted by Gasteiger charge is -2.31. The van der Waals surface area contributed by atoms with Crippen molar-refractivity contribution in [1.82, 2.24) is 5.32 Å². The fraction of sp³-hybridized carbons (Fsp3) is 0.857. The number of hydrogen-bond donors (Lipinski definition) is 2. The lowest BCUT2D eigenvalue weighted by Crippen LogP contribution is -2.48. The van der Waals surface area contributed by atoms with Crippen molar-refractivity contribution in [1.29, 1.82) is 0 Å². The Bertz CT molecular complexity index is 327. The lowest BCUT2D eigenvalue weighted by molar-refractivity contribution is -0.127. The van der Waals surface area contributed by atoms with Crippen molar-refractivity contribution in [2.24, 2.45) is 22.5 Å². The highest BCUT2D eigenvalue weighted by atomic mass is 32.1. The first-order valence-corrected chi connectivity index (χ1v) is 7.19. The lowest BCUT2D eigenvalue weighted by atomic mass is 9.81. The minimum Gasteiger partial charge on any atom is -0.392 e. The summed E-state index contributed by atoms with van der Waals surface area (Å²) < 4.78 is 0. The molecule has 0 aromatic rings. The first-order valence-electron chi connectivity index (χ1n) is 6.78. The Labute approximate surface area is 116 Å². The second kappa shape index (κ2) is 5.55. The van der Waals surface area contributed by atoms with E-state index >= 15 is 0 Å². The highest BCUT2D eigenvalue weighted by molar-refractivity contribution is 7.80. The van der Waals surface area contributed by atoms with Crippen molar-refractivity contribution < 1.29 is 4.79 Å². The van der Waals surface area contributed by atoms with E-state index in [-0.39, 0.29) is 11.3 Å². The topological polar surface area (TPSA) is 55.1 Å². The first-order chi connectivity index (χ1) is 8.20. The molecule has 1 amide bonds. The summed E-state index contributed by atoms with van der Waals surface area (Å²) in [5.74, 6) is 0.454. The van der Waals surface area contributed by atoms with Gasteiger partial charge in [0.2, 0.25) is 5.91 Å². The molecule has 1 atom stereocenters.